The number of carbonyl (C=O) groups excluding carboxylic acids is 1. The summed E-state index contributed by atoms with van der Waals surface area (Å²) in [6.45, 7) is 1.72. The Kier molecular flexibility index (Phi) is 10.5. The van der Waals surface area contributed by atoms with Gasteiger partial charge in [-0.15, -0.1) is 0 Å². The summed E-state index contributed by atoms with van der Waals surface area (Å²) in [7, 11) is -0.0416. The van der Waals surface area contributed by atoms with Gasteiger partial charge in [0.15, 0.2) is 0 Å². The summed E-state index contributed by atoms with van der Waals surface area (Å²) >= 11 is 5.81. The van der Waals surface area contributed by atoms with E-state index in [1.165, 1.54) is 7.11 Å². The average Bonchev–Trinajstić information content (AvgIpc) is 2.77. The minimum absolute atomic E-state index is 0.0883. The molecule has 31 heavy (non-hydrogen) atoms. The topological polar surface area (TPSA) is 66.8 Å². The second-order valence-electron chi connectivity index (χ2n) is 7.06. The van der Waals surface area contributed by atoms with E-state index in [0.29, 0.717) is 36.0 Å². The van der Waals surface area contributed by atoms with Gasteiger partial charge in [0.1, 0.15) is 11.6 Å². The third-order valence-corrected chi connectivity index (χ3v) is 6.84. The summed E-state index contributed by atoms with van der Waals surface area (Å²) in [5, 5.41) is 8.80. The van der Waals surface area contributed by atoms with Gasteiger partial charge in [-0.3, -0.25) is 9.00 Å². The molecule has 1 amide bonds. The van der Waals surface area contributed by atoms with Crippen LogP contribution < -0.4 is 0 Å². The zero-order chi connectivity index (χ0) is 22.8. The van der Waals surface area contributed by atoms with Crippen molar-refractivity contribution in [3.8, 4) is 0 Å². The van der Waals surface area contributed by atoms with Crippen LogP contribution in [0.15, 0.2) is 47.4 Å². The Morgan fingerprint density at radius 3 is 2.45 bits per heavy atom. The molecule has 2 aromatic carbocycles. The maximum absolute atomic E-state index is 14.0. The highest BCUT2D eigenvalue weighted by Gasteiger charge is 2.24. The van der Waals surface area contributed by atoms with Crippen molar-refractivity contribution in [1.29, 1.82) is 0 Å². The molecule has 1 aliphatic rings. The highest BCUT2D eigenvalue weighted by molar-refractivity contribution is 7.85. The number of nitrogens with zero attached hydrogens (tertiary/aromatic N) is 1. The summed E-state index contributed by atoms with van der Waals surface area (Å²) in [4.78, 5) is 12.3. The van der Waals surface area contributed by atoms with Crippen molar-refractivity contribution in [3.63, 3.8) is 0 Å². The first-order valence-corrected chi connectivity index (χ1v) is 11.4. The van der Waals surface area contributed by atoms with Gasteiger partial charge >= 0.3 is 0 Å². The number of benzene rings is 2. The Labute approximate surface area is 188 Å². The molecule has 170 valence electrons. The van der Waals surface area contributed by atoms with Crippen LogP contribution in [0.1, 0.15) is 30.1 Å². The van der Waals surface area contributed by atoms with Crippen LogP contribution in [-0.4, -0.2) is 53.5 Å². The molecular formula is C22H26ClF2NO4S. The molecule has 0 spiro atoms. The minimum atomic E-state index is -1.55. The number of piperidine rings is 1. The fraction of sp³-hybridized carbons (Fsp3) is 0.409. The third kappa shape index (κ3) is 7.96. The monoisotopic (exact) mass is 473 g/mol. The zero-order valence-corrected chi connectivity index (χ0v) is 18.7. The molecule has 1 N–H and O–H groups in total. The lowest BCUT2D eigenvalue weighted by Gasteiger charge is -2.25. The standard InChI is InChI=1S/C16H15ClF2O2S.C6H11NO2/c1-21-9-8-16(14-10-12(18)4-7-15(14)19)22(20)13-5-2-11(17)3-6-13;8-5-7-3-1-6(9)2-4-7/h2-7,10,16H,8-9H2,1H3;5-6,9H,1-4H2/t16-,22?;/m0./s1. The summed E-state index contributed by atoms with van der Waals surface area (Å²) in [6.07, 6.45) is 2.44. The number of amides is 1. The molecule has 1 unspecified atom stereocenters. The summed E-state index contributed by atoms with van der Waals surface area (Å²) in [5.74, 6) is -1.14. The maximum Gasteiger partial charge on any atom is 0.209 e. The third-order valence-electron chi connectivity index (χ3n) is 4.84. The van der Waals surface area contributed by atoms with Crippen LogP contribution in [0.4, 0.5) is 8.78 Å². The molecular weight excluding hydrogens is 448 g/mol. The molecule has 9 heteroatoms. The molecule has 3 rings (SSSR count). The van der Waals surface area contributed by atoms with Gasteiger partial charge in [-0.1, -0.05) is 11.6 Å². The van der Waals surface area contributed by atoms with Gasteiger partial charge in [0.2, 0.25) is 6.41 Å². The Morgan fingerprint density at radius 1 is 1.23 bits per heavy atom. The number of carbonyl (C=O) groups is 1. The number of ether oxygens (including phenoxy) is 1. The van der Waals surface area contributed by atoms with Gasteiger partial charge in [0.05, 0.1) is 22.2 Å². The van der Waals surface area contributed by atoms with Crippen molar-refractivity contribution >= 4 is 28.8 Å². The number of likely N-dealkylation sites (tertiary alicyclic amines) is 1. The summed E-state index contributed by atoms with van der Waals surface area (Å²) < 4.78 is 45.2. The van der Waals surface area contributed by atoms with Gasteiger partial charge in [0.25, 0.3) is 0 Å². The van der Waals surface area contributed by atoms with E-state index in [2.05, 4.69) is 0 Å². The molecule has 0 radical (unpaired) electrons. The van der Waals surface area contributed by atoms with E-state index >= 15 is 0 Å². The molecule has 0 saturated carbocycles. The molecule has 2 aromatic rings. The number of aliphatic hydroxyl groups excluding tert-OH is 1. The van der Waals surface area contributed by atoms with Crippen LogP contribution in [0, 0.1) is 11.6 Å². The van der Waals surface area contributed by atoms with Crippen molar-refractivity contribution in [1.82, 2.24) is 4.90 Å². The van der Waals surface area contributed by atoms with E-state index in [4.69, 9.17) is 21.4 Å². The van der Waals surface area contributed by atoms with Crippen molar-refractivity contribution in [2.45, 2.75) is 35.5 Å². The van der Waals surface area contributed by atoms with Crippen LogP contribution >= 0.6 is 11.6 Å². The van der Waals surface area contributed by atoms with Gasteiger partial charge in [-0.05, 0) is 61.7 Å². The molecule has 0 aromatic heterocycles. The van der Waals surface area contributed by atoms with Crippen molar-refractivity contribution in [2.24, 2.45) is 0 Å². The summed E-state index contributed by atoms with van der Waals surface area (Å²) in [5.41, 5.74) is 0.0883. The molecule has 1 heterocycles. The Balaban J connectivity index is 0.000000316. The fourth-order valence-corrected chi connectivity index (χ4v) is 4.67. The van der Waals surface area contributed by atoms with Gasteiger partial charge in [-0.2, -0.15) is 0 Å². The lowest BCUT2D eigenvalue weighted by atomic mass is 10.1. The zero-order valence-electron chi connectivity index (χ0n) is 17.2. The van der Waals surface area contributed by atoms with Crippen LogP contribution in [0.5, 0.6) is 0 Å². The fourth-order valence-electron chi connectivity index (χ4n) is 3.09. The molecule has 1 saturated heterocycles. The van der Waals surface area contributed by atoms with Gasteiger partial charge in [-0.25, -0.2) is 8.78 Å². The number of aliphatic hydroxyl groups is 1. The SMILES string of the molecule is COCC[C@@H](c1cc(F)ccc1F)S(=O)c1ccc(Cl)cc1.O=CN1CCC(O)CC1. The van der Waals surface area contributed by atoms with E-state index < -0.39 is 27.7 Å². The molecule has 5 nitrogen and oxygen atoms in total. The second-order valence-corrected chi connectivity index (χ2v) is 9.13. The van der Waals surface area contributed by atoms with E-state index in [1.807, 2.05) is 0 Å². The maximum atomic E-state index is 14.0. The number of hydrogen-bond acceptors (Lipinski definition) is 4. The largest absolute Gasteiger partial charge is 0.393 e. The van der Waals surface area contributed by atoms with E-state index in [-0.39, 0.29) is 11.7 Å². The first kappa shape index (κ1) is 25.4. The van der Waals surface area contributed by atoms with E-state index in [0.717, 1.165) is 37.5 Å². The first-order chi connectivity index (χ1) is 14.8. The quantitative estimate of drug-likeness (QED) is 0.615. The predicted octanol–water partition coefficient (Wildman–Crippen LogP) is 4.10. The number of rotatable bonds is 7. The molecule has 2 atom stereocenters. The normalized spacial score (nSPS) is 16.2. The Morgan fingerprint density at radius 2 is 1.87 bits per heavy atom. The molecule has 0 aliphatic carbocycles. The smallest absolute Gasteiger partial charge is 0.209 e. The van der Waals surface area contributed by atoms with Crippen molar-refractivity contribution in [3.05, 3.63) is 64.7 Å². The highest BCUT2D eigenvalue weighted by Crippen LogP contribution is 2.31. The predicted molar refractivity (Wildman–Crippen MR) is 116 cm³/mol. The van der Waals surface area contributed by atoms with Gasteiger partial charge < -0.3 is 14.7 Å². The lowest BCUT2D eigenvalue weighted by Crippen LogP contribution is -2.34. The van der Waals surface area contributed by atoms with Crippen LogP contribution in [-0.2, 0) is 20.3 Å². The number of methoxy groups -OCH3 is 1. The molecule has 0 bridgehead atoms. The second kappa shape index (κ2) is 12.9. The number of halogens is 3. The Hall–Kier alpha value is -1.87. The molecule has 1 aliphatic heterocycles. The first-order valence-electron chi connectivity index (χ1n) is 9.83. The van der Waals surface area contributed by atoms with E-state index in [9.17, 15) is 17.8 Å². The highest BCUT2D eigenvalue weighted by atomic mass is 35.5. The van der Waals surface area contributed by atoms with E-state index in [1.54, 1.807) is 29.2 Å². The minimum Gasteiger partial charge on any atom is -0.393 e. The van der Waals surface area contributed by atoms with Crippen molar-refractivity contribution in [2.75, 3.05) is 26.8 Å². The summed E-state index contributed by atoms with van der Waals surface area (Å²) in [6, 6.07) is 9.64. The number of hydrogen-bond donors (Lipinski definition) is 1. The lowest BCUT2D eigenvalue weighted by molar-refractivity contribution is -0.119. The molecule has 1 fully saturated rings. The Bertz CT molecular complexity index is 861. The van der Waals surface area contributed by atoms with Crippen molar-refractivity contribution < 1.29 is 27.6 Å². The van der Waals surface area contributed by atoms with Crippen LogP contribution in [0.25, 0.3) is 0 Å². The average molecular weight is 474 g/mol. The van der Waals surface area contributed by atoms with Gasteiger partial charge in [0, 0.05) is 42.3 Å². The van der Waals surface area contributed by atoms with Crippen LogP contribution in [0.2, 0.25) is 5.02 Å². The van der Waals surface area contributed by atoms with Crippen LogP contribution in [0.3, 0.4) is 0 Å².